The highest BCUT2D eigenvalue weighted by Crippen LogP contribution is 2.33. The summed E-state index contributed by atoms with van der Waals surface area (Å²) in [6, 6.07) is 6.13. The fourth-order valence-corrected chi connectivity index (χ4v) is 4.34. The molecule has 23 heavy (non-hydrogen) atoms. The third-order valence-corrected chi connectivity index (χ3v) is 5.59. The van der Waals surface area contributed by atoms with Gasteiger partial charge in [-0.1, -0.05) is 60.5 Å². The molecule has 0 saturated heterocycles. The molecule has 2 aromatic rings. The van der Waals surface area contributed by atoms with Crippen molar-refractivity contribution in [3.05, 3.63) is 34.4 Å². The lowest BCUT2D eigenvalue weighted by Crippen LogP contribution is -2.26. The summed E-state index contributed by atoms with van der Waals surface area (Å²) < 4.78 is 2.88. The van der Waals surface area contributed by atoms with E-state index in [1.165, 1.54) is 49.5 Å². The molecule has 3 nitrogen and oxygen atoms in total. The maximum Gasteiger partial charge on any atom is 0.328 e. The van der Waals surface area contributed by atoms with Crippen LogP contribution in [0.15, 0.2) is 28.9 Å². The van der Waals surface area contributed by atoms with Gasteiger partial charge in [0.15, 0.2) is 0 Å². The van der Waals surface area contributed by atoms with E-state index < -0.39 is 0 Å². The molecule has 0 atom stereocenters. The Hall–Kier alpha value is -1.29. The lowest BCUT2D eigenvalue weighted by Gasteiger charge is -2.13. The fourth-order valence-electron chi connectivity index (χ4n) is 3.73. The van der Waals surface area contributed by atoms with Crippen LogP contribution in [-0.2, 0) is 6.42 Å². The summed E-state index contributed by atoms with van der Waals surface area (Å²) in [6.45, 7) is 0. The number of benzene rings is 1. The number of hydrogen-bond donors (Lipinski definition) is 0. The third-order valence-electron chi connectivity index (χ3n) is 4.93. The second-order valence-corrected chi connectivity index (χ2v) is 7.75. The smallest absolute Gasteiger partial charge is 0.328 e. The molecule has 124 valence electrons. The van der Waals surface area contributed by atoms with Crippen LogP contribution in [0.3, 0.4) is 0 Å². The quantitative estimate of drug-likeness (QED) is 0.639. The highest BCUT2D eigenvalue weighted by molar-refractivity contribution is 9.10. The average molecular weight is 377 g/mol. The van der Waals surface area contributed by atoms with Crippen LogP contribution in [0, 0.1) is 5.92 Å². The molecule has 1 aromatic heterocycles. The van der Waals surface area contributed by atoms with E-state index in [-0.39, 0.29) is 6.03 Å². The van der Waals surface area contributed by atoms with Crippen LogP contribution in [0.25, 0.3) is 10.9 Å². The largest absolute Gasteiger partial charge is 0.330 e. The Balaban J connectivity index is 2.00. The summed E-state index contributed by atoms with van der Waals surface area (Å²) in [5, 5.41) is 1.20. The Morgan fingerprint density at radius 1 is 1.22 bits per heavy atom. The molecule has 0 aliphatic heterocycles. The summed E-state index contributed by atoms with van der Waals surface area (Å²) in [7, 11) is 3.61. The highest BCUT2D eigenvalue weighted by Gasteiger charge is 2.20. The van der Waals surface area contributed by atoms with Crippen LogP contribution in [-0.4, -0.2) is 29.6 Å². The van der Waals surface area contributed by atoms with Gasteiger partial charge < -0.3 is 4.90 Å². The zero-order valence-corrected chi connectivity index (χ0v) is 15.6. The molecule has 1 aliphatic carbocycles. The zero-order valence-electron chi connectivity index (χ0n) is 14.0. The normalized spacial score (nSPS) is 16.5. The lowest BCUT2D eigenvalue weighted by atomic mass is 9.92. The van der Waals surface area contributed by atoms with Gasteiger partial charge in [0.25, 0.3) is 0 Å². The topological polar surface area (TPSA) is 25.2 Å². The van der Waals surface area contributed by atoms with E-state index in [1.807, 2.05) is 12.1 Å². The average Bonchev–Trinajstić information content (AvgIpc) is 2.70. The van der Waals surface area contributed by atoms with E-state index in [9.17, 15) is 4.79 Å². The van der Waals surface area contributed by atoms with Crippen molar-refractivity contribution in [3.8, 4) is 0 Å². The van der Waals surface area contributed by atoms with Crippen LogP contribution in [0.1, 0.15) is 44.1 Å². The number of aromatic nitrogens is 1. The van der Waals surface area contributed by atoms with Gasteiger partial charge in [0.05, 0.1) is 5.52 Å². The second-order valence-electron chi connectivity index (χ2n) is 6.90. The van der Waals surface area contributed by atoms with Gasteiger partial charge in [-0.3, -0.25) is 4.57 Å². The van der Waals surface area contributed by atoms with Crippen LogP contribution in [0.5, 0.6) is 0 Å². The predicted octanol–water partition coefficient (Wildman–Crippen LogP) is 5.45. The van der Waals surface area contributed by atoms with E-state index in [1.54, 1.807) is 23.6 Å². The van der Waals surface area contributed by atoms with Crippen molar-refractivity contribution in [1.82, 2.24) is 9.47 Å². The predicted molar refractivity (Wildman–Crippen MR) is 99.0 cm³/mol. The van der Waals surface area contributed by atoms with Gasteiger partial charge in [0.2, 0.25) is 0 Å². The molecule has 4 heteroatoms. The van der Waals surface area contributed by atoms with Crippen LogP contribution < -0.4 is 0 Å². The van der Waals surface area contributed by atoms with E-state index in [2.05, 4.69) is 28.2 Å². The van der Waals surface area contributed by atoms with Crippen molar-refractivity contribution in [2.45, 2.75) is 44.9 Å². The van der Waals surface area contributed by atoms with Gasteiger partial charge in [-0.05, 0) is 30.0 Å². The minimum absolute atomic E-state index is 0.0141. The Morgan fingerprint density at radius 3 is 2.57 bits per heavy atom. The first-order valence-corrected chi connectivity index (χ1v) is 9.37. The summed E-state index contributed by atoms with van der Waals surface area (Å²) in [5.74, 6) is 0.748. The number of carbonyl (C=O) groups is 1. The van der Waals surface area contributed by atoms with Crippen LogP contribution >= 0.6 is 15.9 Å². The lowest BCUT2D eigenvalue weighted by molar-refractivity contribution is 0.220. The molecule has 1 heterocycles. The minimum Gasteiger partial charge on any atom is -0.330 e. The van der Waals surface area contributed by atoms with Crippen molar-refractivity contribution >= 4 is 32.9 Å². The van der Waals surface area contributed by atoms with E-state index in [4.69, 9.17) is 0 Å². The molecule has 1 aliphatic rings. The number of fused-ring (bicyclic) bond motifs is 1. The SMILES string of the molecule is CN(C)C(=O)n1cc(CC2CCCCCC2)c2c(Br)cccc21. The second kappa shape index (κ2) is 7.08. The van der Waals surface area contributed by atoms with E-state index in [0.717, 1.165) is 22.3 Å². The first-order chi connectivity index (χ1) is 11.1. The molecule has 1 fully saturated rings. The number of amides is 1. The first kappa shape index (κ1) is 16.6. The molecule has 0 spiro atoms. The molecule has 1 amide bonds. The molecule has 1 saturated carbocycles. The van der Waals surface area contributed by atoms with Gasteiger partial charge in [-0.15, -0.1) is 0 Å². The van der Waals surface area contributed by atoms with Gasteiger partial charge in [-0.25, -0.2) is 4.79 Å². The standard InChI is InChI=1S/C19H25BrN2O/c1-21(2)19(23)22-13-15(12-14-8-5-3-4-6-9-14)18-16(20)10-7-11-17(18)22/h7,10-11,13-14H,3-6,8-9,12H2,1-2H3. The minimum atomic E-state index is 0.0141. The fraction of sp³-hybridized carbons (Fsp3) is 0.526. The van der Waals surface area contributed by atoms with Gasteiger partial charge in [0.1, 0.15) is 0 Å². The van der Waals surface area contributed by atoms with Gasteiger partial charge >= 0.3 is 6.03 Å². The number of nitrogens with zero attached hydrogens (tertiary/aromatic N) is 2. The number of rotatable bonds is 2. The maximum absolute atomic E-state index is 12.5. The molecular weight excluding hydrogens is 352 g/mol. The van der Waals surface area contributed by atoms with E-state index >= 15 is 0 Å². The summed E-state index contributed by atoms with van der Waals surface area (Å²) in [5.41, 5.74) is 2.30. The maximum atomic E-state index is 12.5. The first-order valence-electron chi connectivity index (χ1n) is 8.58. The number of carbonyl (C=O) groups excluding carboxylic acids is 1. The Labute approximate surface area is 146 Å². The van der Waals surface area contributed by atoms with Crippen LogP contribution in [0.2, 0.25) is 0 Å². The Bertz CT molecular complexity index is 697. The summed E-state index contributed by atoms with van der Waals surface area (Å²) in [6.07, 6.45) is 11.2. The molecular formula is C19H25BrN2O. The Morgan fingerprint density at radius 2 is 1.91 bits per heavy atom. The summed E-state index contributed by atoms with van der Waals surface area (Å²) >= 11 is 3.69. The zero-order chi connectivity index (χ0) is 16.4. The van der Waals surface area contributed by atoms with Gasteiger partial charge in [0, 0.05) is 30.2 Å². The van der Waals surface area contributed by atoms with Crippen molar-refractivity contribution < 1.29 is 4.79 Å². The monoisotopic (exact) mass is 376 g/mol. The molecule has 0 unspecified atom stereocenters. The van der Waals surface area contributed by atoms with Crippen LogP contribution in [0.4, 0.5) is 4.79 Å². The summed E-state index contributed by atoms with van der Waals surface area (Å²) in [4.78, 5) is 14.1. The Kier molecular flexibility index (Phi) is 5.10. The molecule has 3 rings (SSSR count). The molecule has 0 radical (unpaired) electrons. The number of hydrogen-bond acceptors (Lipinski definition) is 1. The van der Waals surface area contributed by atoms with E-state index in [0.29, 0.717) is 0 Å². The molecule has 1 aromatic carbocycles. The van der Waals surface area contributed by atoms with Crippen molar-refractivity contribution in [1.29, 1.82) is 0 Å². The van der Waals surface area contributed by atoms with Gasteiger partial charge in [-0.2, -0.15) is 0 Å². The third kappa shape index (κ3) is 3.47. The molecule has 0 bridgehead atoms. The van der Waals surface area contributed by atoms with Crippen molar-refractivity contribution in [2.75, 3.05) is 14.1 Å². The number of halogens is 1. The highest BCUT2D eigenvalue weighted by atomic mass is 79.9. The van der Waals surface area contributed by atoms with Crippen molar-refractivity contribution in [2.24, 2.45) is 5.92 Å². The van der Waals surface area contributed by atoms with Crippen molar-refractivity contribution in [3.63, 3.8) is 0 Å². The molecule has 0 N–H and O–H groups in total.